The van der Waals surface area contributed by atoms with Crippen molar-refractivity contribution in [1.82, 2.24) is 9.97 Å². The first-order valence-corrected chi connectivity index (χ1v) is 9.64. The van der Waals surface area contributed by atoms with Gasteiger partial charge in [-0.1, -0.05) is 24.4 Å². The van der Waals surface area contributed by atoms with Crippen molar-refractivity contribution in [2.45, 2.75) is 14.8 Å². The summed E-state index contributed by atoms with van der Waals surface area (Å²) in [5, 5.41) is 12.3. The maximum atomic E-state index is 11.3. The number of anilines is 3. The van der Waals surface area contributed by atoms with E-state index in [-0.39, 0.29) is 5.91 Å². The molecule has 0 saturated carbocycles. The maximum Gasteiger partial charge on any atom is 0.247 e. The molecule has 1 aromatic heterocycles. The molecule has 136 valence electrons. The highest BCUT2D eigenvalue weighted by Gasteiger charge is 2.04. The molecule has 8 heteroatoms. The highest BCUT2D eigenvalue weighted by molar-refractivity contribution is 7.99. The smallest absolute Gasteiger partial charge is 0.247 e. The van der Waals surface area contributed by atoms with E-state index in [2.05, 4.69) is 27.2 Å². The van der Waals surface area contributed by atoms with Gasteiger partial charge in [-0.3, -0.25) is 9.93 Å². The van der Waals surface area contributed by atoms with Crippen molar-refractivity contribution in [1.29, 1.82) is 0 Å². The second-order valence-electron chi connectivity index (χ2n) is 5.31. The summed E-state index contributed by atoms with van der Waals surface area (Å²) >= 11 is 2.69. The number of carbonyl (C=O) groups excluding carboxylic acids is 1. The van der Waals surface area contributed by atoms with Gasteiger partial charge in [-0.15, -0.1) is 0 Å². The molecule has 0 fully saturated rings. The van der Waals surface area contributed by atoms with Crippen LogP contribution in [0.2, 0.25) is 0 Å². The fourth-order valence-electron chi connectivity index (χ4n) is 2.16. The van der Waals surface area contributed by atoms with Gasteiger partial charge in [-0.25, -0.2) is 9.97 Å². The van der Waals surface area contributed by atoms with Crippen molar-refractivity contribution >= 4 is 46.9 Å². The molecular formula is C19H17N5OS2. The molecule has 0 atom stereocenters. The Balaban J connectivity index is 1.68. The van der Waals surface area contributed by atoms with Gasteiger partial charge in [0.2, 0.25) is 11.9 Å². The van der Waals surface area contributed by atoms with Crippen molar-refractivity contribution in [3.05, 3.63) is 73.4 Å². The summed E-state index contributed by atoms with van der Waals surface area (Å²) in [5.74, 6) is 0.271. The van der Waals surface area contributed by atoms with Gasteiger partial charge in [-0.05, 0) is 66.6 Å². The number of nitrogens with zero attached hydrogens (tertiary/aromatic N) is 2. The molecule has 0 unspecified atom stereocenters. The van der Waals surface area contributed by atoms with E-state index >= 15 is 0 Å². The first-order valence-electron chi connectivity index (χ1n) is 7.94. The Morgan fingerprint density at radius 3 is 2.63 bits per heavy atom. The quantitative estimate of drug-likeness (QED) is 0.309. The largest absolute Gasteiger partial charge is 0.324 e. The van der Waals surface area contributed by atoms with Crippen molar-refractivity contribution in [2.24, 2.45) is 5.14 Å². The first kappa shape index (κ1) is 19.0. The van der Waals surface area contributed by atoms with Crippen molar-refractivity contribution in [3.8, 4) is 0 Å². The lowest BCUT2D eigenvalue weighted by Gasteiger charge is -2.08. The molecular weight excluding hydrogens is 378 g/mol. The summed E-state index contributed by atoms with van der Waals surface area (Å²) in [7, 11) is 0. The van der Waals surface area contributed by atoms with Gasteiger partial charge in [-0.2, -0.15) is 0 Å². The molecule has 3 aromatic rings. The molecule has 2 aromatic carbocycles. The molecule has 3 rings (SSSR count). The van der Waals surface area contributed by atoms with Crippen LogP contribution in [-0.2, 0) is 4.79 Å². The van der Waals surface area contributed by atoms with Crippen LogP contribution in [0.1, 0.15) is 0 Å². The van der Waals surface area contributed by atoms with Crippen LogP contribution >= 0.6 is 23.7 Å². The number of nitrogens with two attached hydrogens (primary N) is 1. The van der Waals surface area contributed by atoms with Gasteiger partial charge in [0.15, 0.2) is 0 Å². The topological polar surface area (TPSA) is 92.9 Å². The third-order valence-corrected chi connectivity index (χ3v) is 4.86. The number of hydrogen-bond acceptors (Lipinski definition) is 7. The fourth-order valence-corrected chi connectivity index (χ4v) is 3.28. The van der Waals surface area contributed by atoms with Crippen LogP contribution in [0.5, 0.6) is 0 Å². The monoisotopic (exact) mass is 395 g/mol. The minimum Gasteiger partial charge on any atom is -0.324 e. The molecule has 0 saturated heterocycles. The Morgan fingerprint density at radius 2 is 1.89 bits per heavy atom. The van der Waals surface area contributed by atoms with Crippen molar-refractivity contribution in [3.63, 3.8) is 0 Å². The van der Waals surface area contributed by atoms with E-state index in [1.165, 1.54) is 29.8 Å². The molecule has 4 N–H and O–H groups in total. The third-order valence-electron chi connectivity index (χ3n) is 3.39. The summed E-state index contributed by atoms with van der Waals surface area (Å²) < 4.78 is 0. The van der Waals surface area contributed by atoms with E-state index in [0.717, 1.165) is 20.5 Å². The average molecular weight is 396 g/mol. The van der Waals surface area contributed by atoms with Gasteiger partial charge < -0.3 is 10.6 Å². The maximum absolute atomic E-state index is 11.3. The average Bonchev–Trinajstić information content (AvgIpc) is 2.70. The summed E-state index contributed by atoms with van der Waals surface area (Å²) in [6.45, 7) is 3.43. The van der Waals surface area contributed by atoms with E-state index in [1.54, 1.807) is 6.20 Å². The van der Waals surface area contributed by atoms with Crippen molar-refractivity contribution < 1.29 is 4.79 Å². The highest BCUT2D eigenvalue weighted by Crippen LogP contribution is 2.28. The normalized spacial score (nSPS) is 10.3. The van der Waals surface area contributed by atoms with E-state index in [1.807, 2.05) is 54.6 Å². The number of rotatable bonds is 7. The molecule has 0 bridgehead atoms. The van der Waals surface area contributed by atoms with Crippen LogP contribution in [0.3, 0.4) is 0 Å². The lowest BCUT2D eigenvalue weighted by atomic mass is 10.3. The minimum atomic E-state index is -0.237. The number of nitrogens with one attached hydrogen (secondary N) is 2. The fraction of sp³-hybridized carbons (Fsp3) is 0. The zero-order valence-corrected chi connectivity index (χ0v) is 15.9. The number of amides is 1. The number of carbonyl (C=O) groups is 1. The highest BCUT2D eigenvalue weighted by atomic mass is 32.2. The molecule has 6 nitrogen and oxygen atoms in total. The van der Waals surface area contributed by atoms with Crippen LogP contribution in [0.25, 0.3) is 0 Å². The van der Waals surface area contributed by atoms with Gasteiger partial charge in [0.25, 0.3) is 0 Å². The molecule has 1 heterocycles. The van der Waals surface area contributed by atoms with Crippen LogP contribution in [0.4, 0.5) is 17.3 Å². The second-order valence-corrected chi connectivity index (χ2v) is 7.11. The van der Waals surface area contributed by atoms with Crippen molar-refractivity contribution in [2.75, 3.05) is 10.6 Å². The van der Waals surface area contributed by atoms with E-state index in [9.17, 15) is 4.79 Å². The van der Waals surface area contributed by atoms with Crippen LogP contribution < -0.4 is 15.8 Å². The van der Waals surface area contributed by atoms with Gasteiger partial charge in [0.05, 0.1) is 0 Å². The molecule has 0 radical (unpaired) electrons. The van der Waals surface area contributed by atoms with E-state index < -0.39 is 0 Å². The Kier molecular flexibility index (Phi) is 6.48. The van der Waals surface area contributed by atoms with Gasteiger partial charge in [0.1, 0.15) is 5.03 Å². The molecule has 1 amide bonds. The number of hydrogen-bond donors (Lipinski definition) is 3. The lowest BCUT2D eigenvalue weighted by molar-refractivity contribution is -0.111. The van der Waals surface area contributed by atoms with Gasteiger partial charge >= 0.3 is 0 Å². The third kappa shape index (κ3) is 5.58. The predicted octanol–water partition coefficient (Wildman–Crippen LogP) is 4.46. The SMILES string of the molecule is C=CC(=O)Nc1ccc(Sc2ccnc(Nc3cccc(SN)c3)n2)cc1. The zero-order chi connectivity index (χ0) is 19.1. The van der Waals surface area contributed by atoms with Gasteiger partial charge in [0, 0.05) is 27.4 Å². The van der Waals surface area contributed by atoms with Crippen LogP contribution in [-0.4, -0.2) is 15.9 Å². The molecule has 0 aliphatic heterocycles. The summed E-state index contributed by atoms with van der Waals surface area (Å²) in [5.41, 5.74) is 1.59. The Bertz CT molecular complexity index is 947. The second kappa shape index (κ2) is 9.22. The Morgan fingerprint density at radius 1 is 1.07 bits per heavy atom. The summed E-state index contributed by atoms with van der Waals surface area (Å²) in [6, 6.07) is 17.1. The van der Waals surface area contributed by atoms with Crippen LogP contribution in [0, 0.1) is 0 Å². The molecule has 0 spiro atoms. The summed E-state index contributed by atoms with van der Waals surface area (Å²) in [6.07, 6.45) is 2.94. The first-order chi connectivity index (χ1) is 13.2. The van der Waals surface area contributed by atoms with E-state index in [4.69, 9.17) is 5.14 Å². The minimum absolute atomic E-state index is 0.237. The Labute approximate surface area is 165 Å². The summed E-state index contributed by atoms with van der Waals surface area (Å²) in [4.78, 5) is 22.0. The molecule has 0 aliphatic rings. The van der Waals surface area contributed by atoms with E-state index in [0.29, 0.717) is 11.6 Å². The molecule has 0 aliphatic carbocycles. The molecule has 27 heavy (non-hydrogen) atoms. The predicted molar refractivity (Wildman–Crippen MR) is 111 cm³/mol. The zero-order valence-electron chi connectivity index (χ0n) is 14.3. The lowest BCUT2D eigenvalue weighted by Crippen LogP contribution is -2.06. The standard InChI is InChI=1S/C19H17N5OS2/c1-2-17(25)22-13-6-8-15(9-7-13)26-18-10-11-21-19(24-18)23-14-4-3-5-16(12-14)27-20/h2-12H,1,20H2,(H,22,25)(H,21,23,24). The van der Waals surface area contributed by atoms with Crippen LogP contribution in [0.15, 0.2) is 88.3 Å². The Hall–Kier alpha value is -2.81. The number of aromatic nitrogens is 2. The number of benzene rings is 2.